The van der Waals surface area contributed by atoms with E-state index in [-0.39, 0.29) is 5.97 Å². The van der Waals surface area contributed by atoms with Crippen molar-refractivity contribution in [1.29, 1.82) is 0 Å². The summed E-state index contributed by atoms with van der Waals surface area (Å²) in [6, 6.07) is -0.603. The third-order valence-corrected chi connectivity index (χ3v) is 4.49. The molecule has 1 aliphatic heterocycles. The van der Waals surface area contributed by atoms with Gasteiger partial charge in [-0.1, -0.05) is 0 Å². The fourth-order valence-electron chi connectivity index (χ4n) is 2.67. The van der Waals surface area contributed by atoms with E-state index < -0.39 is 11.6 Å². The molecule has 0 aromatic rings. The summed E-state index contributed by atoms with van der Waals surface area (Å²) in [5.74, 6) is -0.318. The highest BCUT2D eigenvalue weighted by atomic mass is 16.6. The first kappa shape index (κ1) is 22.3. The van der Waals surface area contributed by atoms with Crippen LogP contribution in [-0.2, 0) is 9.53 Å². The van der Waals surface area contributed by atoms with Crippen molar-refractivity contribution in [3.63, 3.8) is 0 Å². The van der Waals surface area contributed by atoms with Crippen LogP contribution >= 0.6 is 0 Å². The Labute approximate surface area is 154 Å². The SMILES string of the molecule is CN1CCN(C)CCN(CC(N)C(=O)OC(C)(C)C)CCN(C)CC1. The Morgan fingerprint density at radius 2 is 1.24 bits per heavy atom. The summed E-state index contributed by atoms with van der Waals surface area (Å²) in [5.41, 5.74) is 5.61. The van der Waals surface area contributed by atoms with Gasteiger partial charge in [0.2, 0.25) is 0 Å². The summed E-state index contributed by atoms with van der Waals surface area (Å²) in [6.45, 7) is 14.1. The molecule has 1 atom stereocenters. The van der Waals surface area contributed by atoms with Crippen molar-refractivity contribution >= 4 is 5.97 Å². The fraction of sp³-hybridized carbons (Fsp3) is 0.944. The maximum atomic E-state index is 12.2. The molecule has 1 fully saturated rings. The molecule has 0 spiro atoms. The molecule has 148 valence electrons. The second-order valence-corrected chi connectivity index (χ2v) is 8.35. The number of hydrogen-bond donors (Lipinski definition) is 1. The maximum Gasteiger partial charge on any atom is 0.324 e. The van der Waals surface area contributed by atoms with E-state index in [9.17, 15) is 4.79 Å². The number of nitrogens with zero attached hydrogens (tertiary/aromatic N) is 4. The third kappa shape index (κ3) is 10.1. The number of hydrogen-bond acceptors (Lipinski definition) is 7. The lowest BCUT2D eigenvalue weighted by atomic mass is 10.2. The average molecular weight is 358 g/mol. The van der Waals surface area contributed by atoms with E-state index in [1.54, 1.807) is 0 Å². The van der Waals surface area contributed by atoms with Crippen molar-refractivity contribution in [3.8, 4) is 0 Å². The first-order valence-electron chi connectivity index (χ1n) is 9.33. The van der Waals surface area contributed by atoms with E-state index in [2.05, 4.69) is 40.7 Å². The van der Waals surface area contributed by atoms with Gasteiger partial charge in [-0.25, -0.2) is 0 Å². The molecule has 0 aromatic carbocycles. The smallest absolute Gasteiger partial charge is 0.324 e. The van der Waals surface area contributed by atoms with Crippen LogP contribution in [0, 0.1) is 0 Å². The standard InChI is InChI=1S/C18H39N5O2/c1-18(2,3)25-17(24)16(19)15-23-13-11-21(5)9-7-20(4)8-10-22(6)12-14-23/h16H,7-15,19H2,1-6H3. The lowest BCUT2D eigenvalue weighted by Crippen LogP contribution is -2.49. The number of ether oxygens (including phenoxy) is 1. The van der Waals surface area contributed by atoms with Crippen LogP contribution in [0.15, 0.2) is 0 Å². The average Bonchev–Trinajstić information content (AvgIpc) is 2.50. The highest BCUT2D eigenvalue weighted by Gasteiger charge is 2.24. The molecule has 1 aliphatic rings. The van der Waals surface area contributed by atoms with E-state index in [0.29, 0.717) is 6.54 Å². The Morgan fingerprint density at radius 1 is 0.880 bits per heavy atom. The van der Waals surface area contributed by atoms with Gasteiger partial charge < -0.3 is 25.2 Å². The summed E-state index contributed by atoms with van der Waals surface area (Å²) in [4.78, 5) is 21.5. The molecule has 7 nitrogen and oxygen atoms in total. The minimum absolute atomic E-state index is 0.318. The predicted molar refractivity (Wildman–Crippen MR) is 103 cm³/mol. The zero-order valence-electron chi connectivity index (χ0n) is 17.1. The molecule has 0 saturated carbocycles. The first-order valence-corrected chi connectivity index (χ1v) is 9.33. The molecule has 2 N–H and O–H groups in total. The highest BCUT2D eigenvalue weighted by Crippen LogP contribution is 2.08. The molecule has 25 heavy (non-hydrogen) atoms. The van der Waals surface area contributed by atoms with E-state index in [4.69, 9.17) is 10.5 Å². The first-order chi connectivity index (χ1) is 11.6. The lowest BCUT2D eigenvalue weighted by Gasteiger charge is -2.32. The van der Waals surface area contributed by atoms with Crippen LogP contribution in [0.2, 0.25) is 0 Å². The predicted octanol–water partition coefficient (Wildman–Crippen LogP) is -0.234. The zero-order chi connectivity index (χ0) is 19.0. The molecule has 0 aliphatic carbocycles. The Morgan fingerprint density at radius 3 is 1.60 bits per heavy atom. The largest absolute Gasteiger partial charge is 0.459 e. The van der Waals surface area contributed by atoms with Crippen molar-refractivity contribution < 1.29 is 9.53 Å². The van der Waals surface area contributed by atoms with Crippen LogP contribution in [0.4, 0.5) is 0 Å². The molecule has 0 radical (unpaired) electrons. The summed E-state index contributed by atoms with van der Waals surface area (Å²) in [5, 5.41) is 0. The summed E-state index contributed by atoms with van der Waals surface area (Å²) in [6.07, 6.45) is 0. The minimum atomic E-state index is -0.603. The van der Waals surface area contributed by atoms with Crippen LogP contribution in [0.3, 0.4) is 0 Å². The third-order valence-electron chi connectivity index (χ3n) is 4.49. The lowest BCUT2D eigenvalue weighted by molar-refractivity contribution is -0.156. The van der Waals surface area contributed by atoms with Gasteiger partial charge >= 0.3 is 5.97 Å². The second kappa shape index (κ2) is 10.4. The Kier molecular flexibility index (Phi) is 9.30. The summed E-state index contributed by atoms with van der Waals surface area (Å²) >= 11 is 0. The minimum Gasteiger partial charge on any atom is -0.459 e. The number of likely N-dealkylation sites (N-methyl/N-ethyl adjacent to an activating group) is 3. The van der Waals surface area contributed by atoms with Crippen molar-refractivity contribution in [2.75, 3.05) is 80.0 Å². The summed E-state index contributed by atoms with van der Waals surface area (Å²) < 4.78 is 5.42. The Hall–Kier alpha value is -0.730. The van der Waals surface area contributed by atoms with Crippen LogP contribution < -0.4 is 5.73 Å². The Bertz CT molecular complexity index is 381. The highest BCUT2D eigenvalue weighted by molar-refractivity contribution is 5.76. The van der Waals surface area contributed by atoms with Crippen LogP contribution in [-0.4, -0.2) is 117 Å². The quantitative estimate of drug-likeness (QED) is 0.700. The van der Waals surface area contributed by atoms with Crippen LogP contribution in [0.5, 0.6) is 0 Å². The van der Waals surface area contributed by atoms with Crippen LogP contribution in [0.25, 0.3) is 0 Å². The van der Waals surface area contributed by atoms with E-state index in [0.717, 1.165) is 52.4 Å². The van der Waals surface area contributed by atoms with Gasteiger partial charge in [-0.15, -0.1) is 0 Å². The molecule has 1 saturated heterocycles. The molecular weight excluding hydrogens is 318 g/mol. The molecule has 7 heteroatoms. The van der Waals surface area contributed by atoms with Gasteiger partial charge in [0, 0.05) is 58.9 Å². The number of carbonyl (C=O) groups is 1. The van der Waals surface area contributed by atoms with Gasteiger partial charge in [-0.05, 0) is 41.9 Å². The van der Waals surface area contributed by atoms with E-state index >= 15 is 0 Å². The van der Waals surface area contributed by atoms with Gasteiger partial charge in [0.25, 0.3) is 0 Å². The number of nitrogens with two attached hydrogens (primary N) is 1. The van der Waals surface area contributed by atoms with Crippen LogP contribution in [0.1, 0.15) is 20.8 Å². The number of carbonyl (C=O) groups excluding carboxylic acids is 1. The van der Waals surface area contributed by atoms with Gasteiger partial charge in [0.15, 0.2) is 0 Å². The van der Waals surface area contributed by atoms with E-state index in [1.807, 2.05) is 20.8 Å². The second-order valence-electron chi connectivity index (χ2n) is 8.35. The Balaban J connectivity index is 2.60. The molecular formula is C18H39N5O2. The molecule has 0 amide bonds. The maximum absolute atomic E-state index is 12.2. The fourth-order valence-corrected chi connectivity index (χ4v) is 2.67. The molecule has 1 rings (SSSR count). The summed E-state index contributed by atoms with van der Waals surface area (Å²) in [7, 11) is 6.48. The molecule has 1 heterocycles. The van der Waals surface area contributed by atoms with Gasteiger partial charge in [-0.3, -0.25) is 9.69 Å². The van der Waals surface area contributed by atoms with E-state index in [1.165, 1.54) is 0 Å². The zero-order valence-corrected chi connectivity index (χ0v) is 17.1. The normalized spacial score (nSPS) is 22.8. The molecule has 0 aromatic heterocycles. The number of esters is 1. The van der Waals surface area contributed by atoms with Crippen molar-refractivity contribution in [3.05, 3.63) is 0 Å². The monoisotopic (exact) mass is 357 g/mol. The topological polar surface area (TPSA) is 65.3 Å². The van der Waals surface area contributed by atoms with Crippen molar-refractivity contribution in [2.24, 2.45) is 5.73 Å². The molecule has 0 bridgehead atoms. The van der Waals surface area contributed by atoms with Crippen molar-refractivity contribution in [1.82, 2.24) is 19.6 Å². The number of rotatable bonds is 3. The van der Waals surface area contributed by atoms with Gasteiger partial charge in [0.05, 0.1) is 0 Å². The molecule has 1 unspecified atom stereocenters. The van der Waals surface area contributed by atoms with Gasteiger partial charge in [-0.2, -0.15) is 0 Å². The van der Waals surface area contributed by atoms with Gasteiger partial charge in [0.1, 0.15) is 11.6 Å². The van der Waals surface area contributed by atoms with Crippen molar-refractivity contribution in [2.45, 2.75) is 32.4 Å².